The Hall–Kier alpha value is -5.51. The number of fused-ring (bicyclic) bond motifs is 13. The van der Waals surface area contributed by atoms with Crippen molar-refractivity contribution in [2.24, 2.45) is 5.92 Å². The number of carbonyl (C=O) groups is 2. The smallest absolute Gasteiger partial charge is 0.336 e. The summed E-state index contributed by atoms with van der Waals surface area (Å²) in [4.78, 5) is 41.2. The van der Waals surface area contributed by atoms with E-state index < -0.39 is 42.0 Å². The lowest BCUT2D eigenvalue weighted by atomic mass is 9.86. The molecule has 9 heteroatoms. The third-order valence-electron chi connectivity index (χ3n) is 11.0. The molecule has 56 heavy (non-hydrogen) atoms. The van der Waals surface area contributed by atoms with Gasteiger partial charge in [0, 0.05) is 23.4 Å². The summed E-state index contributed by atoms with van der Waals surface area (Å²) in [6.45, 7) is 4.41. The van der Waals surface area contributed by atoms with Crippen LogP contribution in [-0.2, 0) is 51.4 Å². The van der Waals surface area contributed by atoms with E-state index >= 15 is 0 Å². The average Bonchev–Trinajstić information content (AvgIpc) is 3.18. The molecule has 0 spiro atoms. The molecule has 9 nitrogen and oxygen atoms in total. The van der Waals surface area contributed by atoms with Crippen LogP contribution in [0.2, 0.25) is 0 Å². The zero-order valence-corrected chi connectivity index (χ0v) is 32.1. The van der Waals surface area contributed by atoms with Crippen LogP contribution < -0.4 is 10.4 Å². The lowest BCUT2D eigenvalue weighted by molar-refractivity contribution is -0.188. The first-order valence-electron chi connectivity index (χ1n) is 19.3. The van der Waals surface area contributed by atoms with Gasteiger partial charge < -0.3 is 28.8 Å². The van der Waals surface area contributed by atoms with Crippen LogP contribution in [0, 0.1) is 5.92 Å². The molecule has 3 aliphatic rings. The van der Waals surface area contributed by atoms with E-state index in [1.165, 1.54) is 22.8 Å². The molecule has 5 aromatic rings. The number of hydrogen-bond acceptors (Lipinski definition) is 9. The Morgan fingerprint density at radius 3 is 2.27 bits per heavy atom. The van der Waals surface area contributed by atoms with E-state index in [1.807, 2.05) is 30.3 Å². The maximum absolute atomic E-state index is 14.3. The van der Waals surface area contributed by atoms with E-state index in [1.54, 1.807) is 32.9 Å². The van der Waals surface area contributed by atoms with Crippen molar-refractivity contribution < 1.29 is 38.4 Å². The Bertz CT molecular complexity index is 2300. The normalized spacial score (nSPS) is 20.7. The minimum atomic E-state index is -1.23. The maximum Gasteiger partial charge on any atom is 0.336 e. The summed E-state index contributed by atoms with van der Waals surface area (Å²) in [5, 5.41) is 20.7. The van der Waals surface area contributed by atoms with Gasteiger partial charge >= 0.3 is 17.6 Å². The predicted octanol–water partition coefficient (Wildman–Crippen LogP) is 7.68. The van der Waals surface area contributed by atoms with Crippen molar-refractivity contribution in [3.05, 3.63) is 158 Å². The van der Waals surface area contributed by atoms with Crippen LogP contribution in [0.25, 0.3) is 11.0 Å². The highest BCUT2D eigenvalue weighted by atomic mass is 16.6. The van der Waals surface area contributed by atoms with Crippen LogP contribution in [0.15, 0.2) is 117 Å². The molecule has 0 unspecified atom stereocenters. The molecule has 2 bridgehead atoms. The summed E-state index contributed by atoms with van der Waals surface area (Å²) in [6.07, 6.45) is 1.44. The SMILES string of the molecule is C/C(CO)=C1\CCc2ccc(cc2)C[C@H](CCc2cccc(Cc3ccccc3)c2)CC(=O)O[C@@H]2c3c(ccc4c(CO)cc(=O)oc34)OC(C)(C)[C@H]2OC1=O. The van der Waals surface area contributed by atoms with Gasteiger partial charge in [0.05, 0.1) is 18.8 Å². The van der Waals surface area contributed by atoms with E-state index in [0.717, 1.165) is 24.0 Å². The summed E-state index contributed by atoms with van der Waals surface area (Å²) >= 11 is 0. The van der Waals surface area contributed by atoms with Gasteiger partial charge in [-0.3, -0.25) is 4.79 Å². The van der Waals surface area contributed by atoms with Crippen LogP contribution in [-0.4, -0.2) is 40.5 Å². The monoisotopic (exact) mass is 756 g/mol. The Kier molecular flexibility index (Phi) is 11.6. The van der Waals surface area contributed by atoms with Crippen molar-refractivity contribution in [1.29, 1.82) is 0 Å². The first-order valence-corrected chi connectivity index (χ1v) is 19.3. The fourth-order valence-corrected chi connectivity index (χ4v) is 7.98. The quantitative estimate of drug-likeness (QED) is 0.0975. The van der Waals surface area contributed by atoms with E-state index in [-0.39, 0.29) is 30.1 Å². The van der Waals surface area contributed by atoms with Crippen LogP contribution in [0.3, 0.4) is 0 Å². The second-order valence-electron chi connectivity index (χ2n) is 15.6. The minimum Gasteiger partial charge on any atom is -0.483 e. The van der Waals surface area contributed by atoms with Crippen molar-refractivity contribution in [3.8, 4) is 5.75 Å². The Balaban J connectivity index is 1.26. The van der Waals surface area contributed by atoms with Gasteiger partial charge in [0.25, 0.3) is 0 Å². The molecule has 4 aromatic carbocycles. The van der Waals surface area contributed by atoms with E-state index in [0.29, 0.717) is 53.5 Å². The van der Waals surface area contributed by atoms with Gasteiger partial charge in [-0.15, -0.1) is 0 Å². The molecule has 290 valence electrons. The number of ether oxygens (including phenoxy) is 3. The first kappa shape index (κ1) is 38.8. The molecular weight excluding hydrogens is 709 g/mol. The van der Waals surface area contributed by atoms with Crippen LogP contribution >= 0.6 is 0 Å². The fourth-order valence-electron chi connectivity index (χ4n) is 7.98. The molecule has 0 fully saturated rings. The zero-order valence-electron chi connectivity index (χ0n) is 32.1. The summed E-state index contributed by atoms with van der Waals surface area (Å²) in [7, 11) is 0. The minimum absolute atomic E-state index is 0.0740. The van der Waals surface area contributed by atoms with Gasteiger partial charge in [0.15, 0.2) is 12.2 Å². The zero-order chi connectivity index (χ0) is 39.4. The number of esters is 2. The number of aliphatic hydroxyl groups excluding tert-OH is 2. The number of aliphatic hydroxyl groups is 2. The highest BCUT2D eigenvalue weighted by Crippen LogP contribution is 2.47. The number of hydrogen-bond donors (Lipinski definition) is 2. The molecule has 4 heterocycles. The predicted molar refractivity (Wildman–Crippen MR) is 212 cm³/mol. The molecule has 0 amide bonds. The lowest BCUT2D eigenvalue weighted by Crippen LogP contribution is -2.52. The lowest BCUT2D eigenvalue weighted by Gasteiger charge is -2.43. The third kappa shape index (κ3) is 8.64. The molecule has 0 radical (unpaired) electrons. The van der Waals surface area contributed by atoms with E-state index in [4.69, 9.17) is 18.6 Å². The van der Waals surface area contributed by atoms with Crippen LogP contribution in [0.4, 0.5) is 0 Å². The third-order valence-corrected chi connectivity index (χ3v) is 11.0. The van der Waals surface area contributed by atoms with Gasteiger partial charge in [0.1, 0.15) is 16.9 Å². The van der Waals surface area contributed by atoms with Crippen LogP contribution in [0.1, 0.15) is 85.1 Å². The Labute approximate surface area is 326 Å². The molecule has 1 aromatic heterocycles. The first-order chi connectivity index (χ1) is 27.0. The van der Waals surface area contributed by atoms with Gasteiger partial charge in [-0.2, -0.15) is 0 Å². The summed E-state index contributed by atoms with van der Waals surface area (Å²) < 4.78 is 24.9. The molecule has 3 aliphatic heterocycles. The summed E-state index contributed by atoms with van der Waals surface area (Å²) in [6, 6.07) is 31.8. The number of rotatable bonds is 7. The van der Waals surface area contributed by atoms with E-state index in [9.17, 15) is 24.6 Å². The molecule has 2 N–H and O–H groups in total. The number of benzene rings is 4. The molecule has 8 rings (SSSR count). The highest BCUT2D eigenvalue weighted by molar-refractivity contribution is 5.90. The van der Waals surface area contributed by atoms with Gasteiger partial charge in [-0.25, -0.2) is 9.59 Å². The van der Waals surface area contributed by atoms with Crippen LogP contribution in [0.5, 0.6) is 5.75 Å². The standard InChI is InChI=1S/C47H48O9/c1-29(27-48)37-19-18-30-12-14-33(15-13-30)24-35(17-16-32-10-7-11-34(23-32)22-31-8-5-4-6-9-31)25-40(50)54-44-42-39(56-47(2,3)45(44)55-46(37)52)21-20-38-36(28-49)26-41(51)53-43(38)42/h4-15,20-21,23,26,35,44-45,48-49H,16-19,22,24-25,27-28H2,1-3H3/b37-29-/t35-,44+,45-/m0/s1. The van der Waals surface area contributed by atoms with Crippen molar-refractivity contribution in [1.82, 2.24) is 0 Å². The highest BCUT2D eigenvalue weighted by Gasteiger charge is 2.50. The largest absolute Gasteiger partial charge is 0.483 e. The fraction of sp³-hybridized carbons (Fsp3) is 0.340. The number of aryl methyl sites for hydroxylation is 2. The van der Waals surface area contributed by atoms with Crippen molar-refractivity contribution in [2.75, 3.05) is 6.61 Å². The molecular formula is C47H48O9. The van der Waals surface area contributed by atoms with Crippen molar-refractivity contribution in [3.63, 3.8) is 0 Å². The van der Waals surface area contributed by atoms with Gasteiger partial charge in [0.2, 0.25) is 0 Å². The summed E-state index contributed by atoms with van der Waals surface area (Å²) in [5.74, 6) is -0.975. The molecule has 0 saturated carbocycles. The molecule has 0 saturated heterocycles. The topological polar surface area (TPSA) is 133 Å². The summed E-state index contributed by atoms with van der Waals surface area (Å²) in [5.41, 5.74) is 5.28. The molecule has 0 aliphatic carbocycles. The molecule has 3 atom stereocenters. The second kappa shape index (κ2) is 16.7. The van der Waals surface area contributed by atoms with Crippen molar-refractivity contribution in [2.45, 2.75) is 90.1 Å². The average molecular weight is 757 g/mol. The Morgan fingerprint density at radius 1 is 0.786 bits per heavy atom. The van der Waals surface area contributed by atoms with Crippen molar-refractivity contribution >= 4 is 22.9 Å². The number of carbonyl (C=O) groups excluding carboxylic acids is 2. The Morgan fingerprint density at radius 2 is 1.52 bits per heavy atom. The maximum atomic E-state index is 14.3. The van der Waals surface area contributed by atoms with E-state index in [2.05, 4.69) is 48.5 Å². The second-order valence-corrected chi connectivity index (χ2v) is 15.6. The van der Waals surface area contributed by atoms with Gasteiger partial charge in [-0.1, -0.05) is 78.9 Å². The van der Waals surface area contributed by atoms with Gasteiger partial charge in [-0.05, 0) is 116 Å².